The molecule has 0 aromatic carbocycles. The van der Waals surface area contributed by atoms with Crippen LogP contribution in [0.3, 0.4) is 0 Å². The second kappa shape index (κ2) is 4.04. The van der Waals surface area contributed by atoms with Gasteiger partial charge in [-0.1, -0.05) is 19.9 Å². The first kappa shape index (κ1) is 10.2. The number of hydrogen-bond donors (Lipinski definition) is 2. The van der Waals surface area contributed by atoms with Gasteiger partial charge in [0.05, 0.1) is 12.6 Å². The molecule has 0 saturated carbocycles. The molecule has 0 saturated heterocycles. The molecule has 2 rings (SSSR count). The molecule has 0 bridgehead atoms. The van der Waals surface area contributed by atoms with Crippen LogP contribution in [0.1, 0.15) is 20.3 Å². The van der Waals surface area contributed by atoms with Gasteiger partial charge < -0.3 is 10.6 Å². The molecule has 0 aromatic rings. The van der Waals surface area contributed by atoms with E-state index in [2.05, 4.69) is 15.6 Å². The monoisotopic (exact) mass is 207 g/mol. The highest BCUT2D eigenvalue weighted by Gasteiger charge is 2.29. The Labute approximate surface area is 89.8 Å². The fraction of sp³-hybridized carbons (Fsp3) is 0.636. The zero-order chi connectivity index (χ0) is 10.8. The Morgan fingerprint density at radius 2 is 2.33 bits per heavy atom. The summed E-state index contributed by atoms with van der Waals surface area (Å²) in [6, 6.07) is -0.136. The van der Waals surface area contributed by atoms with Crippen molar-refractivity contribution in [3.8, 4) is 0 Å². The second-order valence-electron chi connectivity index (χ2n) is 4.32. The van der Waals surface area contributed by atoms with Gasteiger partial charge in [0.1, 0.15) is 0 Å². The van der Waals surface area contributed by atoms with Crippen molar-refractivity contribution < 1.29 is 4.79 Å². The smallest absolute Gasteiger partial charge is 0.191 e. The molecule has 4 nitrogen and oxygen atoms in total. The average Bonchev–Trinajstić information content (AvgIpc) is 2.92. The van der Waals surface area contributed by atoms with E-state index in [4.69, 9.17) is 0 Å². The number of carbonyl (C=O) groups excluding carboxylic acids is 1. The van der Waals surface area contributed by atoms with Crippen LogP contribution in [0.4, 0.5) is 0 Å². The van der Waals surface area contributed by atoms with E-state index < -0.39 is 0 Å². The average molecular weight is 207 g/mol. The Morgan fingerprint density at radius 1 is 1.60 bits per heavy atom. The zero-order valence-electron chi connectivity index (χ0n) is 9.21. The first-order valence-corrected chi connectivity index (χ1v) is 5.46. The Hall–Kier alpha value is -1.32. The molecule has 82 valence electrons. The second-order valence-corrected chi connectivity index (χ2v) is 4.32. The van der Waals surface area contributed by atoms with Crippen molar-refractivity contribution in [1.82, 2.24) is 10.6 Å². The first-order chi connectivity index (χ1) is 7.18. The number of Topliss-reactive ketones (excluding diaryl/α,β-unsaturated/α-hetero) is 1. The van der Waals surface area contributed by atoms with Crippen molar-refractivity contribution in [2.75, 3.05) is 13.1 Å². The van der Waals surface area contributed by atoms with Crippen molar-refractivity contribution in [2.24, 2.45) is 10.9 Å². The molecule has 0 amide bonds. The minimum atomic E-state index is -0.136. The molecule has 2 N–H and O–H groups in total. The molecule has 4 heteroatoms. The van der Waals surface area contributed by atoms with Crippen LogP contribution in [-0.2, 0) is 4.79 Å². The van der Waals surface area contributed by atoms with E-state index in [-0.39, 0.29) is 17.7 Å². The van der Waals surface area contributed by atoms with Gasteiger partial charge in [0.25, 0.3) is 0 Å². The molecule has 15 heavy (non-hydrogen) atoms. The van der Waals surface area contributed by atoms with Crippen LogP contribution >= 0.6 is 0 Å². The Morgan fingerprint density at radius 3 is 2.80 bits per heavy atom. The van der Waals surface area contributed by atoms with E-state index in [0.717, 1.165) is 31.0 Å². The number of rotatable bonds is 4. The van der Waals surface area contributed by atoms with Crippen LogP contribution in [0, 0.1) is 5.92 Å². The highest BCUT2D eigenvalue weighted by molar-refractivity contribution is 6.04. The molecule has 1 aliphatic heterocycles. The highest BCUT2D eigenvalue weighted by atomic mass is 16.1. The van der Waals surface area contributed by atoms with Gasteiger partial charge in [0.2, 0.25) is 0 Å². The molecule has 1 unspecified atom stereocenters. The molecule has 1 aliphatic carbocycles. The van der Waals surface area contributed by atoms with Gasteiger partial charge in [-0.2, -0.15) is 0 Å². The number of ketones is 1. The van der Waals surface area contributed by atoms with Gasteiger partial charge in [-0.05, 0) is 17.9 Å². The van der Waals surface area contributed by atoms with Crippen LogP contribution in [0.15, 0.2) is 16.6 Å². The number of nitrogens with zero attached hydrogens (tertiary/aromatic N) is 1. The summed E-state index contributed by atoms with van der Waals surface area (Å²) in [5.74, 6) is 1.27. The summed E-state index contributed by atoms with van der Waals surface area (Å²) in [4.78, 5) is 16.2. The standard InChI is InChI=1S/C11H17N3O/c1-7(2)9(10(15)8-3-4-8)14-11-12-5-6-13-11/h3,7,9H,4-6H2,1-2H3,(H2,12,13,14). The van der Waals surface area contributed by atoms with Gasteiger partial charge in [-0.15, -0.1) is 0 Å². The van der Waals surface area contributed by atoms with Crippen molar-refractivity contribution in [3.63, 3.8) is 0 Å². The van der Waals surface area contributed by atoms with Crippen LogP contribution in [0.5, 0.6) is 0 Å². The lowest BCUT2D eigenvalue weighted by molar-refractivity contribution is -0.117. The van der Waals surface area contributed by atoms with Gasteiger partial charge in [-0.25, -0.2) is 0 Å². The summed E-state index contributed by atoms with van der Waals surface area (Å²) in [5, 5.41) is 6.31. The summed E-state index contributed by atoms with van der Waals surface area (Å²) < 4.78 is 0. The van der Waals surface area contributed by atoms with Gasteiger partial charge >= 0.3 is 0 Å². The van der Waals surface area contributed by atoms with Crippen molar-refractivity contribution in [1.29, 1.82) is 0 Å². The summed E-state index contributed by atoms with van der Waals surface area (Å²) in [5.41, 5.74) is 0.958. The summed E-state index contributed by atoms with van der Waals surface area (Å²) in [6.45, 7) is 5.76. The van der Waals surface area contributed by atoms with Crippen LogP contribution in [-0.4, -0.2) is 30.9 Å². The lowest BCUT2D eigenvalue weighted by Gasteiger charge is -2.21. The number of allylic oxidation sites excluding steroid dienone is 1. The molecule has 0 fully saturated rings. The van der Waals surface area contributed by atoms with E-state index in [1.807, 2.05) is 19.9 Å². The van der Waals surface area contributed by atoms with E-state index in [0.29, 0.717) is 0 Å². The SMILES string of the molecule is CC(C)C(NC1=NCCN1)C(=O)C1=CC1. The number of aliphatic imine (C=N–C) groups is 1. The lowest BCUT2D eigenvalue weighted by Crippen LogP contribution is -2.47. The summed E-state index contributed by atoms with van der Waals surface area (Å²) in [7, 11) is 0. The third-order valence-corrected chi connectivity index (χ3v) is 2.64. The van der Waals surface area contributed by atoms with Crippen molar-refractivity contribution >= 4 is 11.7 Å². The minimum Gasteiger partial charge on any atom is -0.355 e. The Balaban J connectivity index is 1.99. The molecule has 0 spiro atoms. The normalized spacial score (nSPS) is 20.5. The number of guanidine groups is 1. The van der Waals surface area contributed by atoms with Crippen LogP contribution in [0.2, 0.25) is 0 Å². The largest absolute Gasteiger partial charge is 0.355 e. The van der Waals surface area contributed by atoms with E-state index in [1.165, 1.54) is 0 Å². The summed E-state index contributed by atoms with van der Waals surface area (Å²) in [6.07, 6.45) is 2.84. The number of hydrogen-bond acceptors (Lipinski definition) is 4. The molecule has 0 radical (unpaired) electrons. The van der Waals surface area contributed by atoms with E-state index in [1.54, 1.807) is 0 Å². The first-order valence-electron chi connectivity index (χ1n) is 5.46. The highest BCUT2D eigenvalue weighted by Crippen LogP contribution is 2.22. The number of nitrogens with one attached hydrogen (secondary N) is 2. The maximum atomic E-state index is 11.9. The fourth-order valence-corrected chi connectivity index (χ4v) is 1.63. The van der Waals surface area contributed by atoms with E-state index in [9.17, 15) is 4.79 Å². The Bertz CT molecular complexity index is 331. The van der Waals surface area contributed by atoms with Crippen molar-refractivity contribution in [2.45, 2.75) is 26.3 Å². The maximum absolute atomic E-state index is 11.9. The number of carbonyl (C=O) groups is 1. The van der Waals surface area contributed by atoms with Crippen LogP contribution in [0.25, 0.3) is 0 Å². The topological polar surface area (TPSA) is 53.5 Å². The van der Waals surface area contributed by atoms with Gasteiger partial charge in [0.15, 0.2) is 11.7 Å². The fourth-order valence-electron chi connectivity index (χ4n) is 1.63. The van der Waals surface area contributed by atoms with E-state index >= 15 is 0 Å². The maximum Gasteiger partial charge on any atom is 0.191 e. The molecule has 0 aromatic heterocycles. The Kier molecular flexibility index (Phi) is 2.75. The molecule has 1 heterocycles. The molecule has 1 atom stereocenters. The quantitative estimate of drug-likeness (QED) is 0.704. The molecule has 2 aliphatic rings. The predicted molar refractivity (Wildman–Crippen MR) is 59.8 cm³/mol. The molecular weight excluding hydrogens is 190 g/mol. The summed E-state index contributed by atoms with van der Waals surface area (Å²) >= 11 is 0. The third-order valence-electron chi connectivity index (χ3n) is 2.64. The van der Waals surface area contributed by atoms with Crippen molar-refractivity contribution in [3.05, 3.63) is 11.6 Å². The zero-order valence-corrected chi connectivity index (χ0v) is 9.21. The third kappa shape index (κ3) is 2.37. The molecular formula is C11H17N3O. The lowest BCUT2D eigenvalue weighted by atomic mass is 9.98. The minimum absolute atomic E-state index is 0.136. The van der Waals surface area contributed by atoms with Gasteiger partial charge in [-0.3, -0.25) is 9.79 Å². The predicted octanol–water partition coefficient (Wildman–Crippen LogP) is 0.459. The van der Waals surface area contributed by atoms with Gasteiger partial charge in [0, 0.05) is 6.54 Å². The van der Waals surface area contributed by atoms with Crippen LogP contribution < -0.4 is 10.6 Å².